The van der Waals surface area contributed by atoms with Crippen molar-refractivity contribution in [1.29, 1.82) is 0 Å². The molecule has 0 aliphatic heterocycles. The summed E-state index contributed by atoms with van der Waals surface area (Å²) in [6.45, 7) is 0.574. The zero-order valence-electron chi connectivity index (χ0n) is 14.7. The minimum absolute atomic E-state index is 0.0428. The number of rotatable bonds is 7. The minimum Gasteiger partial charge on any atom is -0.459 e. The molecule has 0 amide bonds. The highest BCUT2D eigenvalue weighted by Crippen LogP contribution is 2.18. The van der Waals surface area contributed by atoms with E-state index in [9.17, 15) is 9.18 Å². The van der Waals surface area contributed by atoms with Crippen LogP contribution in [-0.4, -0.2) is 28.0 Å². The van der Waals surface area contributed by atoms with Crippen molar-refractivity contribution < 1.29 is 13.9 Å². The Hall–Kier alpha value is -2.93. The average molecular weight is 389 g/mol. The van der Waals surface area contributed by atoms with E-state index in [1.54, 1.807) is 18.3 Å². The largest absolute Gasteiger partial charge is 0.459 e. The molecule has 3 rings (SSSR count). The Kier molecular flexibility index (Phi) is 6.03. The Morgan fingerprint density at radius 1 is 1.19 bits per heavy atom. The van der Waals surface area contributed by atoms with Gasteiger partial charge in [-0.05, 0) is 42.0 Å². The van der Waals surface area contributed by atoms with Crippen molar-refractivity contribution in [2.75, 3.05) is 11.9 Å². The fourth-order valence-electron chi connectivity index (χ4n) is 2.44. The van der Waals surface area contributed by atoms with Crippen LogP contribution in [-0.2, 0) is 29.2 Å². The van der Waals surface area contributed by atoms with Crippen LogP contribution in [0.15, 0.2) is 54.7 Å². The third-order valence-electron chi connectivity index (χ3n) is 3.86. The predicted octanol–water partition coefficient (Wildman–Crippen LogP) is 3.45. The van der Waals surface area contributed by atoms with E-state index in [1.165, 1.54) is 16.8 Å². The molecule has 27 heavy (non-hydrogen) atoms. The number of halogens is 2. The van der Waals surface area contributed by atoms with E-state index in [1.807, 2.05) is 36.2 Å². The Morgan fingerprint density at radius 2 is 1.89 bits per heavy atom. The summed E-state index contributed by atoms with van der Waals surface area (Å²) in [4.78, 5) is 13.9. The summed E-state index contributed by atoms with van der Waals surface area (Å²) in [7, 11) is 1.93. The van der Waals surface area contributed by atoms with Crippen LogP contribution in [0.5, 0.6) is 0 Å². The van der Waals surface area contributed by atoms with Crippen LogP contribution in [0.2, 0.25) is 5.02 Å². The summed E-state index contributed by atoms with van der Waals surface area (Å²) in [5, 5.41) is 8.71. The molecule has 140 valence electrons. The lowest BCUT2D eigenvalue weighted by atomic mass is 10.2. The second-order valence-electron chi connectivity index (χ2n) is 6.03. The lowest BCUT2D eigenvalue weighted by Gasteiger charge is -2.17. The zero-order valence-corrected chi connectivity index (χ0v) is 15.4. The first kappa shape index (κ1) is 18.8. The van der Waals surface area contributed by atoms with Crippen molar-refractivity contribution in [3.8, 4) is 0 Å². The second kappa shape index (κ2) is 8.64. The first-order chi connectivity index (χ1) is 13.0. The van der Waals surface area contributed by atoms with Crippen LogP contribution in [0.3, 0.4) is 0 Å². The molecule has 0 radical (unpaired) electrons. The number of carbonyl (C=O) groups excluding carboxylic acids is 1. The van der Waals surface area contributed by atoms with Crippen LogP contribution in [0.25, 0.3) is 0 Å². The van der Waals surface area contributed by atoms with Crippen LogP contribution < -0.4 is 4.90 Å². The lowest BCUT2D eigenvalue weighted by molar-refractivity contribution is -0.145. The van der Waals surface area contributed by atoms with Crippen molar-refractivity contribution in [2.24, 2.45) is 0 Å². The van der Waals surface area contributed by atoms with Gasteiger partial charge in [0.15, 0.2) is 0 Å². The number of hydrogen-bond donors (Lipinski definition) is 0. The molecular formula is C19H18ClFN4O2. The SMILES string of the molecule is CN(Cc1cn(CC(=O)OCc2ccc(F)cc2)nn1)c1ccc(Cl)cc1. The molecule has 6 nitrogen and oxygen atoms in total. The molecule has 1 aromatic heterocycles. The molecule has 0 unspecified atom stereocenters. The van der Waals surface area contributed by atoms with Gasteiger partial charge < -0.3 is 9.64 Å². The zero-order chi connectivity index (χ0) is 19.2. The van der Waals surface area contributed by atoms with Crippen molar-refractivity contribution in [1.82, 2.24) is 15.0 Å². The van der Waals surface area contributed by atoms with Gasteiger partial charge in [0.1, 0.15) is 24.7 Å². The third-order valence-corrected chi connectivity index (χ3v) is 4.11. The standard InChI is InChI=1S/C19H18ClFN4O2/c1-24(18-8-4-15(20)5-9-18)10-17-11-25(23-22-17)12-19(26)27-13-14-2-6-16(21)7-3-14/h2-9,11H,10,12-13H2,1H3. The van der Waals surface area contributed by atoms with Crippen LogP contribution >= 0.6 is 11.6 Å². The second-order valence-corrected chi connectivity index (χ2v) is 6.46. The summed E-state index contributed by atoms with van der Waals surface area (Å²) < 4.78 is 19.5. The van der Waals surface area contributed by atoms with Gasteiger partial charge in [-0.15, -0.1) is 5.10 Å². The van der Waals surface area contributed by atoms with Crippen LogP contribution in [0, 0.1) is 5.82 Å². The van der Waals surface area contributed by atoms with Gasteiger partial charge >= 0.3 is 5.97 Å². The molecule has 0 saturated carbocycles. The van der Waals surface area contributed by atoms with E-state index in [0.29, 0.717) is 17.1 Å². The highest BCUT2D eigenvalue weighted by molar-refractivity contribution is 6.30. The molecule has 3 aromatic rings. The van der Waals surface area contributed by atoms with Gasteiger partial charge in [-0.3, -0.25) is 4.79 Å². The maximum Gasteiger partial charge on any atom is 0.328 e. The molecule has 8 heteroatoms. The van der Waals surface area contributed by atoms with Crippen LogP contribution in [0.4, 0.5) is 10.1 Å². The smallest absolute Gasteiger partial charge is 0.328 e. The van der Waals surface area contributed by atoms with Gasteiger partial charge in [-0.2, -0.15) is 0 Å². The van der Waals surface area contributed by atoms with Gasteiger partial charge in [0.05, 0.1) is 12.7 Å². The summed E-state index contributed by atoms with van der Waals surface area (Å²) >= 11 is 5.90. The average Bonchev–Trinajstić information content (AvgIpc) is 3.08. The van der Waals surface area contributed by atoms with Gasteiger partial charge in [0, 0.05) is 17.8 Å². The molecule has 0 spiro atoms. The third kappa shape index (κ3) is 5.52. The van der Waals surface area contributed by atoms with E-state index in [2.05, 4.69) is 10.3 Å². The van der Waals surface area contributed by atoms with Gasteiger partial charge in [0.2, 0.25) is 0 Å². The molecule has 0 aliphatic carbocycles. The maximum atomic E-state index is 12.9. The molecule has 2 aromatic carbocycles. The number of aromatic nitrogens is 3. The van der Waals surface area contributed by atoms with E-state index in [0.717, 1.165) is 11.4 Å². The Balaban J connectivity index is 1.50. The quantitative estimate of drug-likeness (QED) is 0.580. The van der Waals surface area contributed by atoms with Crippen molar-refractivity contribution in [3.63, 3.8) is 0 Å². The van der Waals surface area contributed by atoms with Crippen molar-refractivity contribution in [3.05, 3.63) is 76.8 Å². The summed E-state index contributed by atoms with van der Waals surface area (Å²) in [5.74, 6) is -0.773. The first-order valence-corrected chi connectivity index (χ1v) is 8.63. The molecule has 0 bridgehead atoms. The fraction of sp³-hybridized carbons (Fsp3) is 0.211. The van der Waals surface area contributed by atoms with E-state index >= 15 is 0 Å². The molecule has 0 N–H and O–H groups in total. The number of ether oxygens (including phenoxy) is 1. The molecule has 0 fully saturated rings. The molecule has 0 atom stereocenters. The first-order valence-electron chi connectivity index (χ1n) is 8.25. The van der Waals surface area contributed by atoms with Gasteiger partial charge in [-0.1, -0.05) is 28.9 Å². The summed E-state index contributed by atoms with van der Waals surface area (Å²) in [6.07, 6.45) is 1.70. The Bertz CT molecular complexity index is 897. The van der Waals surface area contributed by atoms with Gasteiger partial charge in [-0.25, -0.2) is 9.07 Å². The number of nitrogens with zero attached hydrogens (tertiary/aromatic N) is 4. The fourth-order valence-corrected chi connectivity index (χ4v) is 2.57. The van der Waals surface area contributed by atoms with E-state index < -0.39 is 5.97 Å². The number of esters is 1. The molecule has 0 aliphatic rings. The lowest BCUT2D eigenvalue weighted by Crippen LogP contribution is -2.16. The molecule has 1 heterocycles. The van der Waals surface area contributed by atoms with Crippen LogP contribution in [0.1, 0.15) is 11.3 Å². The normalized spacial score (nSPS) is 10.6. The van der Waals surface area contributed by atoms with E-state index in [-0.39, 0.29) is 19.0 Å². The van der Waals surface area contributed by atoms with Gasteiger partial charge in [0.25, 0.3) is 0 Å². The Labute approximate surface area is 161 Å². The number of carbonyl (C=O) groups is 1. The highest BCUT2D eigenvalue weighted by atomic mass is 35.5. The number of anilines is 1. The molecular weight excluding hydrogens is 371 g/mol. The van der Waals surface area contributed by atoms with E-state index in [4.69, 9.17) is 16.3 Å². The van der Waals surface area contributed by atoms with Crippen molar-refractivity contribution in [2.45, 2.75) is 19.7 Å². The summed E-state index contributed by atoms with van der Waals surface area (Å²) in [5.41, 5.74) is 2.43. The predicted molar refractivity (Wildman–Crippen MR) is 99.8 cm³/mol. The molecule has 0 saturated heterocycles. The Morgan fingerprint density at radius 3 is 2.59 bits per heavy atom. The summed E-state index contributed by atoms with van der Waals surface area (Å²) in [6, 6.07) is 13.3. The monoisotopic (exact) mass is 388 g/mol. The topological polar surface area (TPSA) is 60.2 Å². The highest BCUT2D eigenvalue weighted by Gasteiger charge is 2.10. The number of benzene rings is 2. The minimum atomic E-state index is -0.443. The maximum absolute atomic E-state index is 12.9. The van der Waals surface area contributed by atoms with Crippen molar-refractivity contribution >= 4 is 23.3 Å². The number of hydrogen-bond acceptors (Lipinski definition) is 5.